The molecule has 0 radical (unpaired) electrons. The van der Waals surface area contributed by atoms with Crippen molar-refractivity contribution < 1.29 is 14.8 Å². The van der Waals surface area contributed by atoms with Crippen molar-refractivity contribution in [2.24, 2.45) is 4.99 Å². The normalized spacial score (nSPS) is 15.5. The number of aliphatic imine (C=N–C) groups is 1. The molecule has 1 aliphatic heterocycles. The van der Waals surface area contributed by atoms with Crippen molar-refractivity contribution in [1.29, 1.82) is 0 Å². The summed E-state index contributed by atoms with van der Waals surface area (Å²) in [6.07, 6.45) is 1.49. The highest BCUT2D eigenvalue weighted by Crippen LogP contribution is 2.37. The first-order chi connectivity index (χ1) is 13.2. The summed E-state index contributed by atoms with van der Waals surface area (Å²) < 4.78 is 0. The average molecular weight is 379 g/mol. The quantitative estimate of drug-likeness (QED) is 0.478. The third kappa shape index (κ3) is 3.38. The molecule has 1 N–H and O–H groups in total. The molecule has 0 saturated carbocycles. The highest BCUT2D eigenvalue weighted by molar-refractivity contribution is 6.22. The number of hydrogen-bond acceptors (Lipinski definition) is 5. The molecule has 0 spiro atoms. The van der Waals surface area contributed by atoms with Crippen LogP contribution >= 0.6 is 0 Å². The molecule has 0 atom stereocenters. The number of aryl methyl sites for hydroxylation is 1. The molecule has 0 bridgehead atoms. The van der Waals surface area contributed by atoms with E-state index in [0.717, 1.165) is 11.1 Å². The number of benzene rings is 2. The molecule has 0 unspecified atom stereocenters. The highest BCUT2D eigenvalue weighted by atomic mass is 16.6. The van der Waals surface area contributed by atoms with E-state index >= 15 is 0 Å². The summed E-state index contributed by atoms with van der Waals surface area (Å²) in [5.41, 5.74) is 2.69. The number of rotatable bonds is 4. The van der Waals surface area contributed by atoms with Crippen LogP contribution in [0.25, 0.3) is 6.08 Å². The number of carbonyl (C=O) groups is 1. The molecule has 0 aromatic heterocycles. The van der Waals surface area contributed by atoms with Gasteiger partial charge in [-0.1, -0.05) is 26.0 Å². The SMILES string of the molecule is CC1=NC(=O)/C(=C/c2ccccc2[N+](=O)[O-])N1c1cc(C(C)C)c(O)cc1C. The zero-order chi connectivity index (χ0) is 20.6. The molecule has 0 saturated heterocycles. The first-order valence-corrected chi connectivity index (χ1v) is 8.89. The van der Waals surface area contributed by atoms with E-state index in [-0.39, 0.29) is 23.1 Å². The van der Waals surface area contributed by atoms with Crippen LogP contribution < -0.4 is 4.90 Å². The van der Waals surface area contributed by atoms with Crippen molar-refractivity contribution in [2.75, 3.05) is 4.90 Å². The van der Waals surface area contributed by atoms with Crippen molar-refractivity contribution in [3.05, 3.63) is 68.9 Å². The summed E-state index contributed by atoms with van der Waals surface area (Å²) in [5, 5.41) is 21.6. The Hall–Kier alpha value is -3.48. The molecule has 7 nitrogen and oxygen atoms in total. The first-order valence-electron chi connectivity index (χ1n) is 8.89. The Bertz CT molecular complexity index is 1040. The van der Waals surface area contributed by atoms with Crippen LogP contribution in [0.5, 0.6) is 5.75 Å². The minimum absolute atomic E-state index is 0.0811. The lowest BCUT2D eigenvalue weighted by molar-refractivity contribution is -0.385. The van der Waals surface area contributed by atoms with Crippen molar-refractivity contribution in [2.45, 2.75) is 33.6 Å². The van der Waals surface area contributed by atoms with Gasteiger partial charge in [0, 0.05) is 6.07 Å². The summed E-state index contributed by atoms with van der Waals surface area (Å²) >= 11 is 0. The third-order valence-electron chi connectivity index (χ3n) is 4.68. The second kappa shape index (κ2) is 7.26. The third-order valence-corrected chi connectivity index (χ3v) is 4.68. The molecular weight excluding hydrogens is 358 g/mol. The second-order valence-electron chi connectivity index (χ2n) is 7.00. The van der Waals surface area contributed by atoms with E-state index in [1.807, 2.05) is 26.8 Å². The summed E-state index contributed by atoms with van der Waals surface area (Å²) in [4.78, 5) is 29.1. The van der Waals surface area contributed by atoms with Gasteiger partial charge >= 0.3 is 0 Å². The fraction of sp³-hybridized carbons (Fsp3) is 0.238. The van der Waals surface area contributed by atoms with Crippen LogP contribution in [-0.2, 0) is 4.79 Å². The molecule has 1 amide bonds. The molecule has 144 valence electrons. The van der Waals surface area contributed by atoms with Crippen LogP contribution in [0.1, 0.15) is 43.4 Å². The van der Waals surface area contributed by atoms with Gasteiger partial charge in [0.25, 0.3) is 11.6 Å². The summed E-state index contributed by atoms with van der Waals surface area (Å²) in [6, 6.07) is 9.73. The molecule has 2 aromatic carbocycles. The van der Waals surface area contributed by atoms with Gasteiger partial charge in [-0.2, -0.15) is 4.99 Å². The Kier molecular flexibility index (Phi) is 5.00. The zero-order valence-corrected chi connectivity index (χ0v) is 16.1. The van der Waals surface area contributed by atoms with Gasteiger partial charge in [0.05, 0.1) is 16.2 Å². The molecule has 2 aromatic rings. The minimum atomic E-state index is -0.480. The number of nitrogens with zero attached hydrogens (tertiary/aromatic N) is 3. The van der Waals surface area contributed by atoms with Gasteiger partial charge in [0.2, 0.25) is 0 Å². The van der Waals surface area contributed by atoms with Gasteiger partial charge in [-0.3, -0.25) is 19.8 Å². The molecule has 1 aliphatic rings. The summed E-state index contributed by atoms with van der Waals surface area (Å²) in [7, 11) is 0. The van der Waals surface area contributed by atoms with E-state index in [9.17, 15) is 20.0 Å². The summed E-state index contributed by atoms with van der Waals surface area (Å²) in [6.45, 7) is 7.47. The fourth-order valence-corrected chi connectivity index (χ4v) is 3.28. The van der Waals surface area contributed by atoms with E-state index < -0.39 is 10.8 Å². The van der Waals surface area contributed by atoms with Gasteiger partial charge in [-0.15, -0.1) is 0 Å². The highest BCUT2D eigenvalue weighted by Gasteiger charge is 2.30. The van der Waals surface area contributed by atoms with Crippen molar-refractivity contribution in [3.8, 4) is 5.75 Å². The fourth-order valence-electron chi connectivity index (χ4n) is 3.28. The average Bonchev–Trinajstić information content (AvgIpc) is 2.89. The molecule has 1 heterocycles. The van der Waals surface area contributed by atoms with Crippen molar-refractivity contribution in [1.82, 2.24) is 0 Å². The van der Waals surface area contributed by atoms with E-state index in [0.29, 0.717) is 17.1 Å². The van der Waals surface area contributed by atoms with Crippen LogP contribution in [0.3, 0.4) is 0 Å². The number of amides is 1. The number of amidine groups is 1. The van der Waals surface area contributed by atoms with Crippen LogP contribution in [0.4, 0.5) is 11.4 Å². The minimum Gasteiger partial charge on any atom is -0.508 e. The number of hydrogen-bond donors (Lipinski definition) is 1. The number of phenols is 1. The van der Waals surface area contributed by atoms with E-state index in [1.54, 1.807) is 36.1 Å². The number of nitro benzene ring substituents is 1. The van der Waals surface area contributed by atoms with E-state index in [1.165, 1.54) is 12.1 Å². The van der Waals surface area contributed by atoms with Gasteiger partial charge in [0.15, 0.2) is 0 Å². The Morgan fingerprint density at radius 2 is 1.89 bits per heavy atom. The number of anilines is 1. The molecule has 0 fully saturated rings. The van der Waals surface area contributed by atoms with E-state index in [4.69, 9.17) is 0 Å². The van der Waals surface area contributed by atoms with Crippen LogP contribution in [0.15, 0.2) is 47.1 Å². The molecule has 3 rings (SSSR count). The van der Waals surface area contributed by atoms with Gasteiger partial charge in [-0.25, -0.2) is 0 Å². The van der Waals surface area contributed by atoms with Crippen LogP contribution in [-0.4, -0.2) is 21.8 Å². The number of nitro groups is 1. The first kappa shape index (κ1) is 19.3. The maximum absolute atomic E-state index is 12.5. The Morgan fingerprint density at radius 3 is 2.54 bits per heavy atom. The lowest BCUT2D eigenvalue weighted by atomic mass is 9.98. The van der Waals surface area contributed by atoms with Crippen molar-refractivity contribution >= 4 is 29.2 Å². The summed E-state index contributed by atoms with van der Waals surface area (Å²) in [5.74, 6) is 0.283. The number of para-hydroxylation sites is 1. The zero-order valence-electron chi connectivity index (χ0n) is 16.1. The monoisotopic (exact) mass is 379 g/mol. The predicted octanol–water partition coefficient (Wildman–Crippen LogP) is 4.54. The largest absolute Gasteiger partial charge is 0.508 e. The number of aromatic hydroxyl groups is 1. The molecule has 0 aliphatic carbocycles. The Morgan fingerprint density at radius 1 is 1.21 bits per heavy atom. The van der Waals surface area contributed by atoms with Gasteiger partial charge < -0.3 is 5.11 Å². The Labute approximate surface area is 162 Å². The molecule has 7 heteroatoms. The van der Waals surface area contributed by atoms with E-state index in [2.05, 4.69) is 4.99 Å². The number of carbonyl (C=O) groups excluding carboxylic acids is 1. The number of phenolic OH excluding ortho intramolecular Hbond substituents is 1. The predicted molar refractivity (Wildman–Crippen MR) is 109 cm³/mol. The maximum atomic E-state index is 12.5. The maximum Gasteiger partial charge on any atom is 0.295 e. The Balaban J connectivity index is 2.18. The van der Waals surface area contributed by atoms with Crippen LogP contribution in [0, 0.1) is 17.0 Å². The second-order valence-corrected chi connectivity index (χ2v) is 7.00. The lowest BCUT2D eigenvalue weighted by Crippen LogP contribution is -2.25. The van der Waals surface area contributed by atoms with Gasteiger partial charge in [0.1, 0.15) is 17.3 Å². The van der Waals surface area contributed by atoms with Crippen molar-refractivity contribution in [3.63, 3.8) is 0 Å². The molecular formula is C21H21N3O4. The van der Waals surface area contributed by atoms with Gasteiger partial charge in [-0.05, 0) is 55.2 Å². The topological polar surface area (TPSA) is 96.0 Å². The lowest BCUT2D eigenvalue weighted by Gasteiger charge is -2.24. The standard InChI is InChI=1S/C21H21N3O4/c1-12(2)16-11-18(13(3)9-20(16)25)23-14(4)22-21(26)19(23)10-15-7-5-6-8-17(15)24(27)28/h5-12,25H,1-4H3/b19-10-. The van der Waals surface area contributed by atoms with Crippen LogP contribution in [0.2, 0.25) is 0 Å². The smallest absolute Gasteiger partial charge is 0.295 e. The molecule has 28 heavy (non-hydrogen) atoms.